The van der Waals surface area contributed by atoms with E-state index in [1.807, 2.05) is 6.08 Å². The van der Waals surface area contributed by atoms with Crippen LogP contribution < -0.4 is 5.32 Å². The Morgan fingerprint density at radius 3 is 1.23 bits per heavy atom. The van der Waals surface area contributed by atoms with E-state index in [2.05, 4.69) is 104 Å². The fraction of sp³-hybridized carbons (Fsp3) is 0.679. The molecule has 0 aromatic rings. The molecule has 0 aliphatic heterocycles. The standard InChI is InChI=1S/C53H91NO3/c1-3-5-7-9-11-13-15-17-19-20-21-22-23-24-25-26-27-28-29-30-31-32-33-34-35-37-39-41-43-45-47-49-53(57)54-51(50-55)52(56)48-46-44-42-40-38-36-18-16-14-12-10-8-6-4-2/h5,7,11,13,17,19,21-22,24-25,27-28,38,40,46,48,51-52,55-56H,3-4,6,8-10,12,14-16,18,20,23,26,29-37,39,41-45,47,49-50H2,1-2H3,(H,54,57)/b7-5-,13-11-,19-17-,22-21-,25-24-,28-27-,40-38+,48-46+. The molecule has 2 atom stereocenters. The number of allylic oxidation sites excluding steroid dienone is 15. The first kappa shape index (κ1) is 54.3. The zero-order valence-electron chi connectivity index (χ0n) is 37.3. The molecule has 0 spiro atoms. The van der Waals surface area contributed by atoms with Crippen molar-refractivity contribution in [3.05, 3.63) is 97.2 Å². The number of hydrogen-bond donors (Lipinski definition) is 3. The predicted molar refractivity (Wildman–Crippen MR) is 253 cm³/mol. The first-order chi connectivity index (χ1) is 28.2. The highest BCUT2D eigenvalue weighted by Crippen LogP contribution is 2.14. The quantitative estimate of drug-likeness (QED) is 0.0426. The molecule has 0 saturated heterocycles. The molecular weight excluding hydrogens is 699 g/mol. The molecule has 0 bridgehead atoms. The third-order valence-corrected chi connectivity index (χ3v) is 10.3. The summed E-state index contributed by atoms with van der Waals surface area (Å²) in [6.07, 6.45) is 71.0. The van der Waals surface area contributed by atoms with Gasteiger partial charge in [0, 0.05) is 6.42 Å². The van der Waals surface area contributed by atoms with Gasteiger partial charge in [-0.1, -0.05) is 220 Å². The topological polar surface area (TPSA) is 69.6 Å². The van der Waals surface area contributed by atoms with Gasteiger partial charge in [0.25, 0.3) is 0 Å². The second kappa shape index (κ2) is 47.7. The van der Waals surface area contributed by atoms with E-state index in [-0.39, 0.29) is 12.5 Å². The molecule has 1 amide bonds. The summed E-state index contributed by atoms with van der Waals surface area (Å²) in [4.78, 5) is 12.4. The fourth-order valence-corrected chi connectivity index (χ4v) is 6.67. The zero-order valence-corrected chi connectivity index (χ0v) is 37.3. The summed E-state index contributed by atoms with van der Waals surface area (Å²) in [5.41, 5.74) is 0. The normalized spacial score (nSPS) is 13.8. The van der Waals surface area contributed by atoms with E-state index < -0.39 is 12.1 Å². The molecule has 0 heterocycles. The van der Waals surface area contributed by atoms with E-state index in [1.165, 1.54) is 122 Å². The Labute approximate surface area is 353 Å². The minimum Gasteiger partial charge on any atom is -0.394 e. The number of carbonyl (C=O) groups excluding carboxylic acids is 1. The summed E-state index contributed by atoms with van der Waals surface area (Å²) in [7, 11) is 0. The van der Waals surface area contributed by atoms with Crippen LogP contribution in [0.2, 0.25) is 0 Å². The third-order valence-electron chi connectivity index (χ3n) is 10.3. The van der Waals surface area contributed by atoms with E-state index in [1.54, 1.807) is 6.08 Å². The first-order valence-corrected chi connectivity index (χ1v) is 24.0. The Kier molecular flexibility index (Phi) is 45.4. The van der Waals surface area contributed by atoms with Gasteiger partial charge in [-0.05, 0) is 83.5 Å². The molecule has 57 heavy (non-hydrogen) atoms. The van der Waals surface area contributed by atoms with E-state index in [0.29, 0.717) is 6.42 Å². The number of amides is 1. The van der Waals surface area contributed by atoms with Crippen molar-refractivity contribution in [2.45, 2.75) is 225 Å². The summed E-state index contributed by atoms with van der Waals surface area (Å²) < 4.78 is 0. The minimum atomic E-state index is -0.867. The highest BCUT2D eigenvalue weighted by molar-refractivity contribution is 5.76. The van der Waals surface area contributed by atoms with Crippen LogP contribution in [0.15, 0.2) is 97.2 Å². The SMILES string of the molecule is CC/C=C\C/C=C\C/C=C\C/C=C\C/C=C\C/C=C\CCCCCCCCCCCCCCC(=O)NC(CO)C(O)/C=C/CC/C=C/CCCCCCCCCC. The fourth-order valence-electron chi connectivity index (χ4n) is 6.67. The lowest BCUT2D eigenvalue weighted by Gasteiger charge is -2.19. The smallest absolute Gasteiger partial charge is 0.220 e. The Morgan fingerprint density at radius 1 is 0.439 bits per heavy atom. The number of unbranched alkanes of at least 4 members (excludes halogenated alkanes) is 21. The van der Waals surface area contributed by atoms with E-state index in [9.17, 15) is 15.0 Å². The monoisotopic (exact) mass is 790 g/mol. The van der Waals surface area contributed by atoms with Crippen LogP contribution in [0.1, 0.15) is 213 Å². The lowest BCUT2D eigenvalue weighted by Crippen LogP contribution is -2.45. The number of hydrogen-bond acceptors (Lipinski definition) is 3. The molecule has 0 aliphatic carbocycles. The lowest BCUT2D eigenvalue weighted by molar-refractivity contribution is -0.123. The summed E-state index contributed by atoms with van der Waals surface area (Å²) in [6, 6.07) is -0.645. The van der Waals surface area contributed by atoms with Gasteiger partial charge >= 0.3 is 0 Å². The first-order valence-electron chi connectivity index (χ1n) is 24.0. The molecule has 0 saturated carbocycles. The Bertz CT molecular complexity index is 1080. The van der Waals surface area contributed by atoms with Crippen LogP contribution in [0.3, 0.4) is 0 Å². The van der Waals surface area contributed by atoms with Gasteiger partial charge in [-0.15, -0.1) is 0 Å². The molecule has 0 radical (unpaired) electrons. The van der Waals surface area contributed by atoms with Gasteiger partial charge < -0.3 is 15.5 Å². The molecule has 0 aromatic carbocycles. The van der Waals surface area contributed by atoms with Crippen LogP contribution in [0.4, 0.5) is 0 Å². The van der Waals surface area contributed by atoms with Crippen molar-refractivity contribution in [1.29, 1.82) is 0 Å². The molecule has 0 aromatic heterocycles. The van der Waals surface area contributed by atoms with Crippen LogP contribution in [-0.4, -0.2) is 34.9 Å². The molecule has 0 fully saturated rings. The van der Waals surface area contributed by atoms with Gasteiger partial charge in [0.1, 0.15) is 0 Å². The van der Waals surface area contributed by atoms with Crippen LogP contribution in [0, 0.1) is 0 Å². The summed E-state index contributed by atoms with van der Waals surface area (Å²) >= 11 is 0. The zero-order chi connectivity index (χ0) is 41.4. The average molecular weight is 790 g/mol. The van der Waals surface area contributed by atoms with E-state index in [0.717, 1.165) is 70.6 Å². The summed E-state index contributed by atoms with van der Waals surface area (Å²) in [5.74, 6) is -0.0808. The molecule has 2 unspecified atom stereocenters. The van der Waals surface area contributed by atoms with E-state index >= 15 is 0 Å². The van der Waals surface area contributed by atoms with Gasteiger partial charge in [-0.2, -0.15) is 0 Å². The highest BCUT2D eigenvalue weighted by Gasteiger charge is 2.17. The second-order valence-corrected chi connectivity index (χ2v) is 15.8. The molecule has 326 valence electrons. The maximum atomic E-state index is 12.4. The molecule has 4 heteroatoms. The maximum absolute atomic E-state index is 12.4. The third kappa shape index (κ3) is 44.3. The molecule has 4 nitrogen and oxygen atoms in total. The van der Waals surface area contributed by atoms with Crippen molar-refractivity contribution in [2.24, 2.45) is 0 Å². The van der Waals surface area contributed by atoms with Crippen molar-refractivity contribution < 1.29 is 15.0 Å². The van der Waals surface area contributed by atoms with Crippen molar-refractivity contribution in [1.82, 2.24) is 5.32 Å². The number of aliphatic hydroxyl groups is 2. The van der Waals surface area contributed by atoms with Crippen LogP contribution in [0.5, 0.6) is 0 Å². The average Bonchev–Trinajstić information content (AvgIpc) is 3.22. The predicted octanol–water partition coefficient (Wildman–Crippen LogP) is 15.4. The molecule has 3 N–H and O–H groups in total. The van der Waals surface area contributed by atoms with Crippen molar-refractivity contribution in [3.8, 4) is 0 Å². The summed E-state index contributed by atoms with van der Waals surface area (Å²) in [5, 5.41) is 23.0. The Balaban J connectivity index is 3.59. The van der Waals surface area contributed by atoms with Gasteiger partial charge in [0.15, 0.2) is 0 Å². The molecule has 0 aliphatic rings. The van der Waals surface area contributed by atoms with Crippen molar-refractivity contribution >= 4 is 5.91 Å². The number of nitrogens with one attached hydrogen (secondary N) is 1. The number of carbonyl (C=O) groups is 1. The number of aliphatic hydroxyl groups excluding tert-OH is 2. The van der Waals surface area contributed by atoms with Gasteiger partial charge in [0.2, 0.25) is 5.91 Å². The minimum absolute atomic E-state index is 0.0808. The van der Waals surface area contributed by atoms with Crippen LogP contribution in [0.25, 0.3) is 0 Å². The van der Waals surface area contributed by atoms with Crippen LogP contribution >= 0.6 is 0 Å². The lowest BCUT2D eigenvalue weighted by atomic mass is 10.0. The Morgan fingerprint density at radius 2 is 0.789 bits per heavy atom. The van der Waals surface area contributed by atoms with Gasteiger partial charge in [-0.25, -0.2) is 0 Å². The largest absolute Gasteiger partial charge is 0.394 e. The maximum Gasteiger partial charge on any atom is 0.220 e. The molecular formula is C53H91NO3. The van der Waals surface area contributed by atoms with Gasteiger partial charge in [-0.3, -0.25) is 4.79 Å². The van der Waals surface area contributed by atoms with E-state index in [4.69, 9.17) is 0 Å². The van der Waals surface area contributed by atoms with Gasteiger partial charge in [0.05, 0.1) is 18.8 Å². The summed E-state index contributed by atoms with van der Waals surface area (Å²) in [6.45, 7) is 4.17. The Hall–Kier alpha value is -2.69. The van der Waals surface area contributed by atoms with Crippen molar-refractivity contribution in [2.75, 3.05) is 6.61 Å². The van der Waals surface area contributed by atoms with Crippen LogP contribution in [-0.2, 0) is 4.79 Å². The van der Waals surface area contributed by atoms with Crippen molar-refractivity contribution in [3.63, 3.8) is 0 Å². The number of rotatable bonds is 42. The molecule has 0 rings (SSSR count). The second-order valence-electron chi connectivity index (χ2n) is 15.8. The highest BCUT2D eigenvalue weighted by atomic mass is 16.3.